The molecule has 0 amide bonds. The molecule has 6 aromatic rings. The maximum atomic E-state index is 6.40. The lowest BCUT2D eigenvalue weighted by atomic mass is 9.76. The van der Waals surface area contributed by atoms with Gasteiger partial charge in [-0.15, -0.1) is 0 Å². The van der Waals surface area contributed by atoms with Crippen molar-refractivity contribution in [2.75, 3.05) is 0 Å². The summed E-state index contributed by atoms with van der Waals surface area (Å²) >= 11 is 10.1. The van der Waals surface area contributed by atoms with Crippen LogP contribution in [-0.4, -0.2) is 0 Å². The monoisotopic (exact) mass is 584 g/mol. The molecule has 0 aliphatic carbocycles. The number of hydrogen-bond acceptors (Lipinski definition) is 0. The molecule has 0 fully saturated rings. The lowest BCUT2D eigenvalue weighted by molar-refractivity contribution is 1.43. The molecule has 0 radical (unpaired) electrons. The Morgan fingerprint density at radius 1 is 0.385 bits per heavy atom. The van der Waals surface area contributed by atoms with E-state index in [9.17, 15) is 0 Å². The second kappa shape index (κ2) is 11.1. The molecule has 0 saturated heterocycles. The lowest BCUT2D eigenvalue weighted by Crippen LogP contribution is -2.01. The fourth-order valence-electron chi connectivity index (χ4n) is 5.51. The van der Waals surface area contributed by atoms with Crippen molar-refractivity contribution in [1.82, 2.24) is 0 Å². The highest BCUT2D eigenvalue weighted by Gasteiger charge is 2.26. The number of halogens is 2. The molecule has 0 aliphatic rings. The van der Waals surface area contributed by atoms with Gasteiger partial charge in [0.25, 0.3) is 0 Å². The highest BCUT2D eigenvalue weighted by atomic mass is 79.9. The van der Waals surface area contributed by atoms with Gasteiger partial charge in [-0.1, -0.05) is 143 Å². The van der Waals surface area contributed by atoms with Crippen molar-refractivity contribution in [1.29, 1.82) is 0 Å². The molecule has 188 valence electrons. The zero-order valence-corrected chi connectivity index (χ0v) is 23.9. The van der Waals surface area contributed by atoms with Crippen molar-refractivity contribution in [2.24, 2.45) is 0 Å². The second-order valence-electron chi connectivity index (χ2n) is 9.61. The zero-order chi connectivity index (χ0) is 26.8. The highest BCUT2D eigenvalue weighted by molar-refractivity contribution is 9.10. The van der Waals surface area contributed by atoms with Crippen molar-refractivity contribution in [3.8, 4) is 55.6 Å². The zero-order valence-electron chi connectivity index (χ0n) is 21.5. The topological polar surface area (TPSA) is 0 Å². The van der Waals surface area contributed by atoms with Crippen LogP contribution in [0.2, 0.25) is 5.02 Å². The average molecular weight is 586 g/mol. The molecule has 0 saturated carbocycles. The Balaban J connectivity index is 1.88. The maximum Gasteiger partial charge on any atom is 0.0406 e. The predicted molar refractivity (Wildman–Crippen MR) is 171 cm³/mol. The number of hydrogen-bond donors (Lipinski definition) is 0. The predicted octanol–water partition coefficient (Wildman–Crippen LogP) is 11.7. The first-order valence-electron chi connectivity index (χ1n) is 13.0. The molecule has 0 nitrogen and oxygen atoms in total. The molecular formula is C37H26BrCl. The van der Waals surface area contributed by atoms with Gasteiger partial charge in [-0.2, -0.15) is 0 Å². The van der Waals surface area contributed by atoms with Crippen LogP contribution < -0.4 is 0 Å². The summed E-state index contributed by atoms with van der Waals surface area (Å²) in [5.74, 6) is 0. The summed E-state index contributed by atoms with van der Waals surface area (Å²) in [4.78, 5) is 0. The molecule has 6 rings (SSSR count). The summed E-state index contributed by atoms with van der Waals surface area (Å²) < 4.78 is 1.06. The molecule has 39 heavy (non-hydrogen) atoms. The molecule has 2 heteroatoms. The maximum absolute atomic E-state index is 6.40. The van der Waals surface area contributed by atoms with Gasteiger partial charge in [0.05, 0.1) is 0 Å². The summed E-state index contributed by atoms with van der Waals surface area (Å²) in [6.45, 7) is 2.27. The molecule has 0 atom stereocenters. The molecule has 0 unspecified atom stereocenters. The minimum Gasteiger partial charge on any atom is -0.0843 e. The third-order valence-corrected chi connectivity index (χ3v) is 7.98. The van der Waals surface area contributed by atoms with E-state index in [1.807, 2.05) is 12.1 Å². The summed E-state index contributed by atoms with van der Waals surface area (Å²) in [5.41, 5.74) is 13.2. The first kappa shape index (κ1) is 25.4. The van der Waals surface area contributed by atoms with Gasteiger partial charge in [-0.25, -0.2) is 0 Å². The first-order valence-corrected chi connectivity index (χ1v) is 14.2. The van der Waals surface area contributed by atoms with Crippen LogP contribution in [0.15, 0.2) is 144 Å². The van der Waals surface area contributed by atoms with Crippen molar-refractivity contribution in [3.63, 3.8) is 0 Å². The van der Waals surface area contributed by atoms with Crippen LogP contribution in [0, 0.1) is 6.92 Å². The van der Waals surface area contributed by atoms with E-state index >= 15 is 0 Å². The minimum atomic E-state index is 0.726. The Morgan fingerprint density at radius 3 is 1.10 bits per heavy atom. The van der Waals surface area contributed by atoms with E-state index < -0.39 is 0 Å². The van der Waals surface area contributed by atoms with Crippen LogP contribution in [-0.2, 0) is 0 Å². The molecule has 0 aromatic heterocycles. The fraction of sp³-hybridized carbons (Fsp3) is 0.0270. The highest BCUT2D eigenvalue weighted by Crippen LogP contribution is 2.52. The standard InChI is InChI=1S/C37H26BrCl/c1-25-33(26-11-5-2-6-12-26)35(28-15-9-4-10-16-28)37(30-19-23-32(39)24-20-30)36(29-17-21-31(38)22-18-29)34(25)27-13-7-3-8-14-27/h2-24H,1H3. The number of rotatable bonds is 5. The summed E-state index contributed by atoms with van der Waals surface area (Å²) in [5, 5.41) is 0.726. The van der Waals surface area contributed by atoms with E-state index in [4.69, 9.17) is 11.6 Å². The Hall–Kier alpha value is -3.91. The van der Waals surface area contributed by atoms with E-state index in [1.165, 1.54) is 55.6 Å². The van der Waals surface area contributed by atoms with Gasteiger partial charge >= 0.3 is 0 Å². The number of benzene rings is 6. The van der Waals surface area contributed by atoms with Crippen molar-refractivity contribution in [2.45, 2.75) is 6.92 Å². The molecule has 0 aliphatic heterocycles. The van der Waals surface area contributed by atoms with Gasteiger partial charge in [0.2, 0.25) is 0 Å². The Labute approximate surface area is 243 Å². The molecule has 0 heterocycles. The van der Waals surface area contributed by atoms with Crippen molar-refractivity contribution < 1.29 is 0 Å². The van der Waals surface area contributed by atoms with Crippen LogP contribution in [0.1, 0.15) is 5.56 Å². The molecule has 0 N–H and O–H groups in total. The van der Waals surface area contributed by atoms with Crippen molar-refractivity contribution >= 4 is 27.5 Å². The van der Waals surface area contributed by atoms with Crippen LogP contribution in [0.5, 0.6) is 0 Å². The smallest absolute Gasteiger partial charge is 0.0406 e. The second-order valence-corrected chi connectivity index (χ2v) is 11.0. The fourth-order valence-corrected chi connectivity index (χ4v) is 5.90. The Bertz CT molecular complexity index is 1720. The lowest BCUT2D eigenvalue weighted by Gasteiger charge is -2.27. The van der Waals surface area contributed by atoms with E-state index in [2.05, 4.69) is 150 Å². The molecule has 6 aromatic carbocycles. The van der Waals surface area contributed by atoms with E-state index in [0.717, 1.165) is 15.1 Å². The van der Waals surface area contributed by atoms with Gasteiger partial charge in [-0.3, -0.25) is 0 Å². The Morgan fingerprint density at radius 2 is 0.692 bits per heavy atom. The molecule has 0 spiro atoms. The third-order valence-electron chi connectivity index (χ3n) is 7.20. The van der Waals surface area contributed by atoms with Crippen LogP contribution in [0.4, 0.5) is 0 Å². The van der Waals surface area contributed by atoms with Crippen LogP contribution in [0.3, 0.4) is 0 Å². The summed E-state index contributed by atoms with van der Waals surface area (Å²) in [6.07, 6.45) is 0. The van der Waals surface area contributed by atoms with Gasteiger partial charge in [0.15, 0.2) is 0 Å². The van der Waals surface area contributed by atoms with Gasteiger partial charge in [0, 0.05) is 9.50 Å². The summed E-state index contributed by atoms with van der Waals surface area (Å²) in [6, 6.07) is 49.2. The van der Waals surface area contributed by atoms with Crippen LogP contribution in [0.25, 0.3) is 55.6 Å². The normalized spacial score (nSPS) is 10.9. The van der Waals surface area contributed by atoms with E-state index in [-0.39, 0.29) is 0 Å². The first-order chi connectivity index (χ1) is 19.1. The SMILES string of the molecule is Cc1c(-c2ccccc2)c(-c2ccccc2)c(-c2ccc(Cl)cc2)c(-c2ccc(Br)cc2)c1-c1ccccc1. The molecule has 0 bridgehead atoms. The van der Waals surface area contributed by atoms with Gasteiger partial charge in [-0.05, 0) is 92.4 Å². The van der Waals surface area contributed by atoms with Crippen molar-refractivity contribution in [3.05, 3.63) is 155 Å². The third kappa shape index (κ3) is 4.96. The quantitative estimate of drug-likeness (QED) is 0.189. The minimum absolute atomic E-state index is 0.726. The van der Waals surface area contributed by atoms with E-state index in [0.29, 0.717) is 0 Å². The van der Waals surface area contributed by atoms with Gasteiger partial charge < -0.3 is 0 Å². The Kier molecular flexibility index (Phi) is 7.20. The van der Waals surface area contributed by atoms with E-state index in [1.54, 1.807) is 0 Å². The average Bonchev–Trinajstić information content (AvgIpc) is 2.99. The summed E-state index contributed by atoms with van der Waals surface area (Å²) in [7, 11) is 0. The van der Waals surface area contributed by atoms with Gasteiger partial charge in [0.1, 0.15) is 0 Å². The van der Waals surface area contributed by atoms with Crippen LogP contribution >= 0.6 is 27.5 Å². The largest absolute Gasteiger partial charge is 0.0843 e. The molecular weight excluding hydrogens is 560 g/mol.